The highest BCUT2D eigenvalue weighted by molar-refractivity contribution is 5.89. The zero-order valence-corrected chi connectivity index (χ0v) is 18.0. The molecule has 0 saturated carbocycles. The number of rotatable bonds is 12. The standard InChI is InChI=1S/C21H37NO5/c1-8-10-11-13-16-15(20(23)24)14-17(25-5)19(26-6)21(16,27-7)18(12-9-2)22(3)4/h14,16,18H,8-13H2,1-7H3,(H,23,24). The molecule has 1 N–H and O–H groups in total. The second kappa shape index (κ2) is 10.7. The Morgan fingerprint density at radius 2 is 1.85 bits per heavy atom. The number of methoxy groups -OCH3 is 3. The summed E-state index contributed by atoms with van der Waals surface area (Å²) < 4.78 is 17.5. The number of carboxylic acids is 1. The fourth-order valence-corrected chi connectivity index (χ4v) is 4.36. The van der Waals surface area contributed by atoms with Crippen LogP contribution in [0.4, 0.5) is 0 Å². The first-order chi connectivity index (χ1) is 12.8. The van der Waals surface area contributed by atoms with Crippen LogP contribution in [-0.4, -0.2) is 63.0 Å². The minimum absolute atomic E-state index is 0.0534. The Labute approximate surface area is 164 Å². The van der Waals surface area contributed by atoms with Crippen molar-refractivity contribution in [2.75, 3.05) is 35.4 Å². The molecular weight excluding hydrogens is 346 g/mol. The number of carbonyl (C=O) groups is 1. The summed E-state index contributed by atoms with van der Waals surface area (Å²) in [5.41, 5.74) is -0.593. The molecule has 6 heteroatoms. The monoisotopic (exact) mass is 383 g/mol. The summed E-state index contributed by atoms with van der Waals surface area (Å²) in [6.45, 7) is 4.26. The Morgan fingerprint density at radius 1 is 1.19 bits per heavy atom. The first-order valence-electron chi connectivity index (χ1n) is 9.84. The number of carboxylic acid groups (broad SMARTS) is 1. The van der Waals surface area contributed by atoms with Gasteiger partial charge < -0.3 is 24.2 Å². The topological polar surface area (TPSA) is 68.2 Å². The molecule has 0 bridgehead atoms. The van der Waals surface area contributed by atoms with Crippen LogP contribution in [-0.2, 0) is 19.0 Å². The third-order valence-corrected chi connectivity index (χ3v) is 5.54. The smallest absolute Gasteiger partial charge is 0.332 e. The van der Waals surface area contributed by atoms with E-state index < -0.39 is 11.6 Å². The van der Waals surface area contributed by atoms with Crippen molar-refractivity contribution >= 4 is 5.97 Å². The van der Waals surface area contributed by atoms with Gasteiger partial charge in [-0.1, -0.05) is 39.5 Å². The van der Waals surface area contributed by atoms with E-state index >= 15 is 0 Å². The highest BCUT2D eigenvalue weighted by atomic mass is 16.6. The van der Waals surface area contributed by atoms with Crippen LogP contribution < -0.4 is 0 Å². The molecule has 0 amide bonds. The van der Waals surface area contributed by atoms with Gasteiger partial charge in [0.1, 0.15) is 0 Å². The van der Waals surface area contributed by atoms with Crippen molar-refractivity contribution in [1.29, 1.82) is 0 Å². The Morgan fingerprint density at radius 3 is 2.26 bits per heavy atom. The number of aliphatic carboxylic acids is 1. The molecule has 0 aliphatic heterocycles. The molecule has 1 aliphatic carbocycles. The molecule has 156 valence electrons. The molecule has 0 fully saturated rings. The molecule has 3 unspecified atom stereocenters. The van der Waals surface area contributed by atoms with Gasteiger partial charge >= 0.3 is 5.97 Å². The van der Waals surface area contributed by atoms with E-state index in [2.05, 4.69) is 18.7 Å². The molecule has 0 heterocycles. The zero-order valence-electron chi connectivity index (χ0n) is 18.0. The first-order valence-corrected chi connectivity index (χ1v) is 9.84. The van der Waals surface area contributed by atoms with Crippen LogP contribution in [0.25, 0.3) is 0 Å². The summed E-state index contributed by atoms with van der Waals surface area (Å²) >= 11 is 0. The summed E-state index contributed by atoms with van der Waals surface area (Å²) in [5.74, 6) is -0.256. The molecule has 1 aliphatic rings. The lowest BCUT2D eigenvalue weighted by molar-refractivity contribution is -0.139. The highest BCUT2D eigenvalue weighted by Gasteiger charge is 2.56. The number of ether oxygens (including phenoxy) is 3. The van der Waals surface area contributed by atoms with E-state index in [9.17, 15) is 9.90 Å². The van der Waals surface area contributed by atoms with Crippen molar-refractivity contribution in [3.8, 4) is 0 Å². The lowest BCUT2D eigenvalue weighted by Crippen LogP contribution is -2.60. The third-order valence-electron chi connectivity index (χ3n) is 5.54. The van der Waals surface area contributed by atoms with Crippen molar-refractivity contribution in [3.63, 3.8) is 0 Å². The zero-order chi connectivity index (χ0) is 20.6. The van der Waals surface area contributed by atoms with Gasteiger partial charge in [0.25, 0.3) is 0 Å². The van der Waals surface area contributed by atoms with Gasteiger partial charge in [0.2, 0.25) is 0 Å². The predicted molar refractivity (Wildman–Crippen MR) is 107 cm³/mol. The minimum atomic E-state index is -0.934. The number of hydrogen-bond donors (Lipinski definition) is 1. The maximum atomic E-state index is 12.2. The summed E-state index contributed by atoms with van der Waals surface area (Å²) in [5, 5.41) is 9.96. The van der Waals surface area contributed by atoms with Gasteiger partial charge in [-0.3, -0.25) is 0 Å². The molecule has 3 atom stereocenters. The second-order valence-electron chi connectivity index (χ2n) is 7.32. The van der Waals surface area contributed by atoms with Crippen LogP contribution in [0.2, 0.25) is 0 Å². The van der Waals surface area contributed by atoms with Gasteiger partial charge in [0.15, 0.2) is 17.1 Å². The fraction of sp³-hybridized carbons (Fsp3) is 0.762. The molecule has 0 aromatic heterocycles. The Bertz CT molecular complexity index is 555. The Kier molecular flexibility index (Phi) is 9.33. The number of unbranched alkanes of at least 4 members (excludes halogenated alkanes) is 2. The van der Waals surface area contributed by atoms with Crippen molar-refractivity contribution in [1.82, 2.24) is 4.90 Å². The van der Waals surface area contributed by atoms with Gasteiger partial charge in [0.05, 0.1) is 14.2 Å². The summed E-state index contributed by atoms with van der Waals surface area (Å²) in [6.07, 6.45) is 7.17. The maximum Gasteiger partial charge on any atom is 0.332 e. The van der Waals surface area contributed by atoms with E-state index in [-0.39, 0.29) is 12.0 Å². The molecular formula is C21H37NO5. The molecule has 27 heavy (non-hydrogen) atoms. The third kappa shape index (κ3) is 4.66. The number of allylic oxidation sites excluding steroid dienone is 1. The van der Waals surface area contributed by atoms with Crippen molar-refractivity contribution in [3.05, 3.63) is 23.2 Å². The van der Waals surface area contributed by atoms with E-state index in [1.54, 1.807) is 20.3 Å². The molecule has 0 saturated heterocycles. The number of hydrogen-bond acceptors (Lipinski definition) is 5. The Balaban J connectivity index is 3.70. The van der Waals surface area contributed by atoms with Gasteiger partial charge in [-0.25, -0.2) is 4.79 Å². The van der Waals surface area contributed by atoms with Crippen LogP contribution in [0, 0.1) is 5.92 Å². The van der Waals surface area contributed by atoms with Crippen LogP contribution in [0.15, 0.2) is 23.2 Å². The van der Waals surface area contributed by atoms with Gasteiger partial charge in [-0.15, -0.1) is 0 Å². The van der Waals surface area contributed by atoms with Crippen molar-refractivity contribution in [2.45, 2.75) is 64.0 Å². The summed E-state index contributed by atoms with van der Waals surface area (Å²) in [4.78, 5) is 14.3. The normalized spacial score (nSPS) is 24.0. The average Bonchev–Trinajstić information content (AvgIpc) is 2.65. The largest absolute Gasteiger partial charge is 0.494 e. The predicted octanol–water partition coefficient (Wildman–Crippen LogP) is 3.83. The SMILES string of the molecule is CCCCCC1C(C(=O)O)=CC(OC)=C(OC)C1(OC)C(CCC)N(C)C. The quantitative estimate of drug-likeness (QED) is 0.517. The molecule has 6 nitrogen and oxygen atoms in total. The second-order valence-corrected chi connectivity index (χ2v) is 7.32. The van der Waals surface area contributed by atoms with Crippen molar-refractivity contribution in [2.24, 2.45) is 5.92 Å². The Hall–Kier alpha value is -1.53. The average molecular weight is 384 g/mol. The summed E-state index contributed by atoms with van der Waals surface area (Å²) in [6, 6.07) is -0.0534. The van der Waals surface area contributed by atoms with Crippen molar-refractivity contribution < 1.29 is 24.1 Å². The van der Waals surface area contributed by atoms with Crippen LogP contribution in [0.1, 0.15) is 52.4 Å². The number of nitrogens with zero attached hydrogens (tertiary/aromatic N) is 1. The van der Waals surface area contributed by atoms with Crippen LogP contribution >= 0.6 is 0 Å². The minimum Gasteiger partial charge on any atom is -0.494 e. The highest BCUT2D eigenvalue weighted by Crippen LogP contribution is 2.48. The van der Waals surface area contributed by atoms with Crippen LogP contribution in [0.3, 0.4) is 0 Å². The molecule has 0 aromatic rings. The summed E-state index contributed by atoms with van der Waals surface area (Å²) in [7, 11) is 8.79. The van der Waals surface area contributed by atoms with Crippen LogP contribution in [0.5, 0.6) is 0 Å². The van der Waals surface area contributed by atoms with Gasteiger partial charge in [0, 0.05) is 24.6 Å². The van der Waals surface area contributed by atoms with Gasteiger partial charge in [-0.05, 0) is 33.0 Å². The van der Waals surface area contributed by atoms with E-state index in [0.29, 0.717) is 17.1 Å². The lowest BCUT2D eigenvalue weighted by atomic mass is 9.68. The maximum absolute atomic E-state index is 12.2. The van der Waals surface area contributed by atoms with E-state index in [1.807, 2.05) is 14.1 Å². The molecule has 0 aromatic carbocycles. The molecule has 0 spiro atoms. The van der Waals surface area contributed by atoms with Gasteiger partial charge in [-0.2, -0.15) is 0 Å². The van der Waals surface area contributed by atoms with E-state index in [0.717, 1.165) is 38.5 Å². The molecule has 0 radical (unpaired) electrons. The first kappa shape index (κ1) is 23.5. The lowest BCUT2D eigenvalue weighted by Gasteiger charge is -2.50. The van der Waals surface area contributed by atoms with E-state index in [1.165, 1.54) is 7.11 Å². The number of likely N-dealkylation sites (N-methyl/N-ethyl adjacent to an activating group) is 1. The van der Waals surface area contributed by atoms with E-state index in [4.69, 9.17) is 14.2 Å². The molecule has 1 rings (SSSR count). The fourth-order valence-electron chi connectivity index (χ4n) is 4.36.